The Morgan fingerprint density at radius 3 is 2.32 bits per heavy atom. The standard InChI is InChI=1S/C22H22N2O3S/c1-3-14-23-20(25)18(15-16-10-8-9-13-19(16)27-4-2)21(26)24(22(23)28)17-11-6-5-7-12-17/h5-13,15H,3-4,14H2,1-2H3. The molecule has 1 aliphatic heterocycles. The summed E-state index contributed by atoms with van der Waals surface area (Å²) in [7, 11) is 0. The van der Waals surface area contributed by atoms with Crippen molar-refractivity contribution in [2.24, 2.45) is 0 Å². The minimum Gasteiger partial charge on any atom is -0.493 e. The molecule has 0 radical (unpaired) electrons. The first-order valence-electron chi connectivity index (χ1n) is 9.27. The van der Waals surface area contributed by atoms with Crippen molar-refractivity contribution in [2.45, 2.75) is 20.3 Å². The van der Waals surface area contributed by atoms with Crippen molar-refractivity contribution in [2.75, 3.05) is 18.1 Å². The van der Waals surface area contributed by atoms with E-state index in [9.17, 15) is 9.59 Å². The van der Waals surface area contributed by atoms with Gasteiger partial charge in [-0.05, 0) is 49.8 Å². The minimum atomic E-state index is -0.431. The molecule has 2 amide bonds. The molecule has 28 heavy (non-hydrogen) atoms. The van der Waals surface area contributed by atoms with E-state index in [1.54, 1.807) is 18.2 Å². The molecule has 5 nitrogen and oxygen atoms in total. The lowest BCUT2D eigenvalue weighted by atomic mass is 10.0. The maximum atomic E-state index is 13.3. The molecule has 0 N–H and O–H groups in total. The summed E-state index contributed by atoms with van der Waals surface area (Å²) >= 11 is 5.49. The number of anilines is 1. The van der Waals surface area contributed by atoms with Crippen LogP contribution < -0.4 is 9.64 Å². The zero-order valence-corrected chi connectivity index (χ0v) is 16.7. The zero-order chi connectivity index (χ0) is 20.1. The number of benzene rings is 2. The van der Waals surface area contributed by atoms with Crippen molar-refractivity contribution < 1.29 is 14.3 Å². The molecule has 0 saturated carbocycles. The molecule has 2 aromatic carbocycles. The molecule has 1 saturated heterocycles. The summed E-state index contributed by atoms with van der Waals surface area (Å²) in [6, 6.07) is 16.5. The molecule has 1 heterocycles. The SMILES string of the molecule is CCCN1C(=O)C(=Cc2ccccc2OCC)C(=O)N(c2ccccc2)C1=S. The average Bonchev–Trinajstić information content (AvgIpc) is 2.71. The van der Waals surface area contributed by atoms with E-state index in [4.69, 9.17) is 17.0 Å². The smallest absolute Gasteiger partial charge is 0.270 e. The van der Waals surface area contributed by atoms with Gasteiger partial charge < -0.3 is 4.74 Å². The van der Waals surface area contributed by atoms with Crippen LogP contribution in [0.4, 0.5) is 5.69 Å². The Morgan fingerprint density at radius 1 is 0.964 bits per heavy atom. The number of ether oxygens (including phenoxy) is 1. The van der Waals surface area contributed by atoms with Gasteiger partial charge in [0.1, 0.15) is 11.3 Å². The maximum absolute atomic E-state index is 13.3. The summed E-state index contributed by atoms with van der Waals surface area (Å²) in [5.41, 5.74) is 1.38. The highest BCUT2D eigenvalue weighted by Crippen LogP contribution is 2.28. The second-order valence-electron chi connectivity index (χ2n) is 6.24. The number of hydrogen-bond acceptors (Lipinski definition) is 4. The molecule has 2 aromatic rings. The topological polar surface area (TPSA) is 49.9 Å². The van der Waals surface area contributed by atoms with Gasteiger partial charge in [0.15, 0.2) is 5.11 Å². The molecule has 1 fully saturated rings. The average molecular weight is 394 g/mol. The van der Waals surface area contributed by atoms with Gasteiger partial charge in [-0.2, -0.15) is 0 Å². The summed E-state index contributed by atoms with van der Waals surface area (Å²) in [6.07, 6.45) is 2.32. The molecule has 3 rings (SSSR count). The second kappa shape index (κ2) is 8.80. The number of thiocarbonyl (C=S) groups is 1. The van der Waals surface area contributed by atoms with E-state index in [0.717, 1.165) is 6.42 Å². The zero-order valence-electron chi connectivity index (χ0n) is 15.9. The second-order valence-corrected chi connectivity index (χ2v) is 6.61. The van der Waals surface area contributed by atoms with Gasteiger partial charge in [0.2, 0.25) is 0 Å². The Labute approximate surface area is 170 Å². The molecule has 0 bridgehead atoms. The van der Waals surface area contributed by atoms with Gasteiger partial charge in [-0.1, -0.05) is 43.3 Å². The van der Waals surface area contributed by atoms with Crippen LogP contribution in [-0.2, 0) is 9.59 Å². The minimum absolute atomic E-state index is 0.0676. The fraction of sp³-hybridized carbons (Fsp3) is 0.227. The highest BCUT2D eigenvalue weighted by Gasteiger charge is 2.39. The largest absolute Gasteiger partial charge is 0.493 e. The Kier molecular flexibility index (Phi) is 6.21. The number of rotatable bonds is 6. The van der Waals surface area contributed by atoms with Crippen molar-refractivity contribution in [3.63, 3.8) is 0 Å². The van der Waals surface area contributed by atoms with Crippen LogP contribution in [0.1, 0.15) is 25.8 Å². The molecule has 1 aliphatic rings. The third-order valence-corrected chi connectivity index (χ3v) is 4.71. The first kappa shape index (κ1) is 19.8. The van der Waals surface area contributed by atoms with E-state index in [0.29, 0.717) is 30.2 Å². The van der Waals surface area contributed by atoms with Gasteiger partial charge >= 0.3 is 0 Å². The Hall–Kier alpha value is -2.99. The Bertz CT molecular complexity index is 924. The molecule has 0 spiro atoms. The summed E-state index contributed by atoms with van der Waals surface area (Å²) < 4.78 is 5.64. The van der Waals surface area contributed by atoms with Crippen LogP contribution in [0.2, 0.25) is 0 Å². The lowest BCUT2D eigenvalue weighted by Gasteiger charge is -2.36. The van der Waals surface area contributed by atoms with Crippen molar-refractivity contribution in [1.82, 2.24) is 4.90 Å². The number of nitrogens with zero attached hydrogens (tertiary/aromatic N) is 2. The molecule has 144 valence electrons. The van der Waals surface area contributed by atoms with E-state index in [2.05, 4.69) is 0 Å². The lowest BCUT2D eigenvalue weighted by Crippen LogP contribution is -2.56. The van der Waals surface area contributed by atoms with Gasteiger partial charge in [0, 0.05) is 12.1 Å². The van der Waals surface area contributed by atoms with Crippen LogP contribution in [0.3, 0.4) is 0 Å². The van der Waals surface area contributed by atoms with Crippen molar-refractivity contribution in [3.05, 3.63) is 65.7 Å². The Balaban J connectivity index is 2.10. The third-order valence-electron chi connectivity index (χ3n) is 4.31. The number of para-hydroxylation sites is 2. The van der Waals surface area contributed by atoms with Crippen molar-refractivity contribution in [3.8, 4) is 5.75 Å². The summed E-state index contributed by atoms with van der Waals surface area (Å²) in [5, 5.41) is 0.207. The number of amides is 2. The van der Waals surface area contributed by atoms with Crippen LogP contribution in [-0.4, -0.2) is 35.0 Å². The summed E-state index contributed by atoms with van der Waals surface area (Å²) in [5.74, 6) is -0.185. The van der Waals surface area contributed by atoms with Crippen LogP contribution in [0, 0.1) is 0 Å². The van der Waals surface area contributed by atoms with Crippen LogP contribution in [0.5, 0.6) is 5.75 Å². The van der Waals surface area contributed by atoms with Crippen LogP contribution in [0.25, 0.3) is 6.08 Å². The van der Waals surface area contributed by atoms with Gasteiger partial charge in [-0.3, -0.25) is 19.4 Å². The van der Waals surface area contributed by atoms with E-state index in [-0.39, 0.29) is 16.6 Å². The normalized spacial score (nSPS) is 16.1. The number of hydrogen-bond donors (Lipinski definition) is 0. The third kappa shape index (κ3) is 3.82. The van der Waals surface area contributed by atoms with Gasteiger partial charge in [0.05, 0.1) is 12.3 Å². The van der Waals surface area contributed by atoms with Crippen LogP contribution >= 0.6 is 12.2 Å². The number of carbonyl (C=O) groups excluding carboxylic acids is 2. The summed E-state index contributed by atoms with van der Waals surface area (Å²) in [6.45, 7) is 4.79. The van der Waals surface area contributed by atoms with Gasteiger partial charge in [-0.25, -0.2) is 0 Å². The fourth-order valence-electron chi connectivity index (χ4n) is 3.04. The predicted molar refractivity (Wildman–Crippen MR) is 114 cm³/mol. The molecular weight excluding hydrogens is 372 g/mol. The molecular formula is C22H22N2O3S. The highest BCUT2D eigenvalue weighted by molar-refractivity contribution is 7.80. The van der Waals surface area contributed by atoms with E-state index in [1.807, 2.05) is 56.3 Å². The lowest BCUT2D eigenvalue weighted by molar-refractivity contribution is -0.127. The first-order chi connectivity index (χ1) is 13.6. The molecule has 6 heteroatoms. The predicted octanol–water partition coefficient (Wildman–Crippen LogP) is 4.04. The molecule has 0 atom stereocenters. The maximum Gasteiger partial charge on any atom is 0.270 e. The van der Waals surface area contributed by atoms with Crippen LogP contribution in [0.15, 0.2) is 60.2 Å². The van der Waals surface area contributed by atoms with Gasteiger partial charge in [0.25, 0.3) is 11.8 Å². The monoisotopic (exact) mass is 394 g/mol. The van der Waals surface area contributed by atoms with Gasteiger partial charge in [-0.15, -0.1) is 0 Å². The van der Waals surface area contributed by atoms with E-state index < -0.39 is 5.91 Å². The van der Waals surface area contributed by atoms with E-state index in [1.165, 1.54) is 9.80 Å². The van der Waals surface area contributed by atoms with Crippen molar-refractivity contribution in [1.29, 1.82) is 0 Å². The Morgan fingerprint density at radius 2 is 1.64 bits per heavy atom. The van der Waals surface area contributed by atoms with E-state index >= 15 is 0 Å². The highest BCUT2D eigenvalue weighted by atomic mass is 32.1. The van der Waals surface area contributed by atoms with Crippen molar-refractivity contribution >= 4 is 40.9 Å². The fourth-order valence-corrected chi connectivity index (χ4v) is 3.41. The summed E-state index contributed by atoms with van der Waals surface area (Å²) in [4.78, 5) is 29.2. The number of carbonyl (C=O) groups is 2. The molecule has 0 unspecified atom stereocenters. The quantitative estimate of drug-likeness (QED) is 0.422. The first-order valence-corrected chi connectivity index (χ1v) is 9.68. The molecule has 0 aliphatic carbocycles. The molecule has 0 aromatic heterocycles.